The highest BCUT2D eigenvalue weighted by molar-refractivity contribution is 8.09. The molecule has 2 fully saturated rings. The Bertz CT molecular complexity index is 976. The highest BCUT2D eigenvalue weighted by Crippen LogP contribution is 2.47. The van der Waals surface area contributed by atoms with Crippen molar-refractivity contribution in [2.75, 3.05) is 0 Å². The predicted octanol–water partition coefficient (Wildman–Crippen LogP) is -0.740. The summed E-state index contributed by atoms with van der Waals surface area (Å²) >= 11 is 0. The van der Waals surface area contributed by atoms with E-state index < -0.39 is 67.5 Å². The third-order valence-corrected chi connectivity index (χ3v) is 10.0. The summed E-state index contributed by atoms with van der Waals surface area (Å²) in [6, 6.07) is 0. The molecule has 2 aliphatic heterocycles. The average Bonchev–Trinajstić information content (AvgIpc) is 2.40. The maximum atomic E-state index is 12.4. The first-order chi connectivity index (χ1) is 11.4. The molecule has 2 heterocycles. The number of nitrogens with one attached hydrogen (secondary N) is 2. The molecule has 2 N–H and O–H groups in total. The minimum Gasteiger partial charge on any atom is -0.205 e. The summed E-state index contributed by atoms with van der Waals surface area (Å²) in [6.07, 6.45) is -2.57. The van der Waals surface area contributed by atoms with Crippen LogP contribution in [0.25, 0.3) is 0 Å². The lowest BCUT2D eigenvalue weighted by atomic mass is 10.4. The average molecular weight is 500 g/mol. The lowest BCUT2D eigenvalue weighted by Gasteiger charge is -2.28. The summed E-state index contributed by atoms with van der Waals surface area (Å²) in [5.41, 5.74) is 0. The van der Waals surface area contributed by atoms with Crippen molar-refractivity contribution in [1.82, 2.24) is 8.25 Å². The number of hydrogen-bond acceptors (Lipinski definition) is 8. The molecule has 0 aliphatic carbocycles. The van der Waals surface area contributed by atoms with Crippen LogP contribution in [0.2, 0.25) is 0 Å². The summed E-state index contributed by atoms with van der Waals surface area (Å²) in [5, 5.41) is -20.9. The first-order valence-corrected chi connectivity index (χ1v) is 11.4. The molecule has 22 heteroatoms. The molecule has 10 nitrogen and oxygen atoms in total. The summed E-state index contributed by atoms with van der Waals surface area (Å²) in [5.74, 6) is 0. The molecule has 0 spiro atoms. The van der Waals surface area contributed by atoms with Crippen molar-refractivity contribution < 1.29 is 68.8 Å². The van der Waals surface area contributed by atoms with E-state index in [2.05, 4.69) is 0 Å². The van der Waals surface area contributed by atoms with Crippen LogP contribution in [0, 0.1) is 0 Å². The van der Waals surface area contributed by atoms with Crippen molar-refractivity contribution in [2.45, 2.75) is 27.4 Å². The molecule has 0 amide bonds. The van der Waals surface area contributed by atoms with Gasteiger partial charge in [0, 0.05) is 0 Å². The van der Waals surface area contributed by atoms with Crippen LogP contribution >= 0.6 is 0 Å². The van der Waals surface area contributed by atoms with E-state index in [4.69, 9.17) is 0 Å². The van der Waals surface area contributed by atoms with E-state index in [-0.39, 0.29) is 8.25 Å². The van der Waals surface area contributed by atoms with Crippen molar-refractivity contribution >= 4 is 40.1 Å². The highest BCUT2D eigenvalue weighted by Gasteiger charge is 2.80. The molecule has 2 rings (SSSR count). The van der Waals surface area contributed by atoms with Crippen LogP contribution in [0.3, 0.4) is 0 Å². The number of alkyl halides is 8. The molecule has 0 saturated carbocycles. The number of halogens is 8. The Morgan fingerprint density at radius 2 is 0.704 bits per heavy atom. The summed E-state index contributed by atoms with van der Waals surface area (Å²) in [6.45, 7) is 0. The third-order valence-electron chi connectivity index (χ3n) is 2.65. The largest absolute Gasteiger partial charge is 0.438 e. The van der Waals surface area contributed by atoms with Crippen molar-refractivity contribution in [3.8, 4) is 0 Å². The molecule has 0 aromatic carbocycles. The van der Waals surface area contributed by atoms with Gasteiger partial charge in [0.25, 0.3) is 40.1 Å². The van der Waals surface area contributed by atoms with Gasteiger partial charge in [-0.25, -0.2) is 33.7 Å². The molecule has 0 aromatic rings. The van der Waals surface area contributed by atoms with Gasteiger partial charge in [-0.1, -0.05) is 8.25 Å². The quantitative estimate of drug-likeness (QED) is 0.411. The fourth-order valence-corrected chi connectivity index (χ4v) is 7.50. The Balaban J connectivity index is 0.000000271. The van der Waals surface area contributed by atoms with Crippen molar-refractivity contribution in [1.29, 1.82) is 0 Å². The fraction of sp³-hybridized carbons (Fsp3) is 1.00. The van der Waals surface area contributed by atoms with E-state index in [9.17, 15) is 68.8 Å². The molecule has 0 aromatic heterocycles. The zero-order valence-corrected chi connectivity index (χ0v) is 14.9. The van der Waals surface area contributed by atoms with Gasteiger partial charge in [-0.2, -0.15) is 35.1 Å². The third kappa shape index (κ3) is 3.49. The molecular weight excluding hydrogens is 496 g/mol. The monoisotopic (exact) mass is 500 g/mol. The molecule has 0 atom stereocenters. The van der Waals surface area contributed by atoms with Gasteiger partial charge in [-0.3, -0.25) is 0 Å². The summed E-state index contributed by atoms with van der Waals surface area (Å²) in [7, 11) is -22.9. The lowest BCUT2D eigenvalue weighted by Crippen LogP contribution is -2.57. The van der Waals surface area contributed by atoms with Crippen LogP contribution in [0.5, 0.6) is 0 Å². The Kier molecular flexibility index (Phi) is 5.23. The summed E-state index contributed by atoms with van der Waals surface area (Å²) < 4.78 is 182. The molecule has 0 bridgehead atoms. The van der Waals surface area contributed by atoms with Gasteiger partial charge in [0.05, 0.1) is 0 Å². The maximum Gasteiger partial charge on any atom is 0.438 e. The van der Waals surface area contributed by atoms with Crippen LogP contribution in [-0.4, -0.2) is 54.7 Å². The van der Waals surface area contributed by atoms with Gasteiger partial charge in [0.1, 0.15) is 6.42 Å². The topological polar surface area (TPSA) is 161 Å². The molecule has 27 heavy (non-hydrogen) atoms. The minimum atomic E-state index is -5.86. The van der Waals surface area contributed by atoms with Crippen LogP contribution in [0.15, 0.2) is 0 Å². The van der Waals surface area contributed by atoms with Gasteiger partial charge in [-0.15, -0.1) is 0 Å². The molecule has 2 aliphatic rings. The predicted molar refractivity (Wildman–Crippen MR) is 66.4 cm³/mol. The van der Waals surface area contributed by atoms with E-state index in [0.29, 0.717) is 0 Å². The number of rotatable bonds is 0. The Morgan fingerprint density at radius 3 is 0.852 bits per heavy atom. The molecule has 0 unspecified atom stereocenters. The highest BCUT2D eigenvalue weighted by atomic mass is 32.3. The number of hydrogen-bond donors (Lipinski definition) is 2. The molecular formula is C5H4F8N2O8S4. The van der Waals surface area contributed by atoms with E-state index >= 15 is 0 Å². The van der Waals surface area contributed by atoms with Gasteiger partial charge in [-0.05, 0) is 0 Å². The van der Waals surface area contributed by atoms with Gasteiger partial charge >= 0.3 is 21.0 Å². The SMILES string of the molecule is O=S1(=O)NS(=O)(=O)C(F)(F)C1(F)F.O=S1(=O)NS(=O)(=O)C(F)(F)CC1(F)F. The zero-order valence-electron chi connectivity index (χ0n) is 11.6. The molecule has 2 saturated heterocycles. The Morgan fingerprint density at radius 1 is 0.481 bits per heavy atom. The van der Waals surface area contributed by atoms with E-state index in [1.807, 2.05) is 0 Å². The van der Waals surface area contributed by atoms with Crippen LogP contribution < -0.4 is 8.25 Å². The standard InChI is InChI=1S/C3H3F4NO4S2.C2HF4NO4S2/c4-2(5)1-3(6,7)14(11,12)8-13(2,9)10;3-1(4)2(5,6)13(10,11)7-12(1,8)9/h8H,1H2;7H. The van der Waals surface area contributed by atoms with Gasteiger partial charge in [0.15, 0.2) is 0 Å². The summed E-state index contributed by atoms with van der Waals surface area (Å²) in [4.78, 5) is 0. The van der Waals surface area contributed by atoms with Crippen molar-refractivity contribution in [3.63, 3.8) is 0 Å². The lowest BCUT2D eigenvalue weighted by molar-refractivity contribution is -0.0920. The maximum absolute atomic E-state index is 12.4. The molecule has 0 radical (unpaired) electrons. The van der Waals surface area contributed by atoms with Crippen LogP contribution in [0.4, 0.5) is 35.1 Å². The first-order valence-electron chi connectivity index (χ1n) is 5.44. The normalized spacial score (nSPS) is 32.6. The second-order valence-corrected chi connectivity index (χ2v) is 12.2. The first kappa shape index (κ1) is 24.2. The van der Waals surface area contributed by atoms with Crippen LogP contribution in [-0.2, 0) is 40.1 Å². The Labute approximate surface area is 145 Å². The van der Waals surface area contributed by atoms with Crippen molar-refractivity contribution in [3.05, 3.63) is 0 Å². The molecule has 162 valence electrons. The second-order valence-electron chi connectivity index (χ2n) is 4.67. The second kappa shape index (κ2) is 5.84. The zero-order chi connectivity index (χ0) is 22.1. The van der Waals surface area contributed by atoms with Crippen molar-refractivity contribution in [2.24, 2.45) is 0 Å². The Hall–Kier alpha value is -0.840. The van der Waals surface area contributed by atoms with Crippen LogP contribution in [0.1, 0.15) is 6.42 Å². The van der Waals surface area contributed by atoms with E-state index in [1.165, 1.54) is 0 Å². The minimum absolute atomic E-state index is 0.194. The fourth-order valence-electron chi connectivity index (χ4n) is 1.26. The van der Waals surface area contributed by atoms with Gasteiger partial charge < -0.3 is 0 Å². The number of sulfonamides is 4. The smallest absolute Gasteiger partial charge is 0.205 e. The van der Waals surface area contributed by atoms with E-state index in [0.717, 1.165) is 0 Å². The van der Waals surface area contributed by atoms with E-state index in [1.54, 1.807) is 0 Å². The van der Waals surface area contributed by atoms with Gasteiger partial charge in [0.2, 0.25) is 0 Å².